The molecule has 0 radical (unpaired) electrons. The van der Waals surface area contributed by atoms with E-state index in [-0.39, 0.29) is 29.1 Å². The van der Waals surface area contributed by atoms with Crippen LogP contribution in [0.25, 0.3) is 5.82 Å². The fourth-order valence-corrected chi connectivity index (χ4v) is 2.65. The van der Waals surface area contributed by atoms with Crippen LogP contribution in [-0.4, -0.2) is 50.7 Å². The predicted octanol–water partition coefficient (Wildman–Crippen LogP) is 2.71. The molecule has 0 saturated carbocycles. The Morgan fingerprint density at radius 1 is 1.24 bits per heavy atom. The third kappa shape index (κ3) is 5.71. The highest BCUT2D eigenvalue weighted by Gasteiger charge is 2.23. The van der Waals surface area contributed by atoms with Gasteiger partial charge in [0.2, 0.25) is 6.29 Å². The molecule has 1 N–H and O–H groups in total. The molecule has 0 fully saturated rings. The summed E-state index contributed by atoms with van der Waals surface area (Å²) in [6.07, 6.45) is 7.60. The van der Waals surface area contributed by atoms with Crippen LogP contribution in [0.1, 0.15) is 40.3 Å². The number of aromatic nitrogens is 4. The Balaban J connectivity index is 1.81. The Morgan fingerprint density at radius 3 is 2.65 bits per heavy atom. The largest absolute Gasteiger partial charge is 0.511 e. The third-order valence-electron chi connectivity index (χ3n) is 4.18. The summed E-state index contributed by atoms with van der Waals surface area (Å²) in [4.78, 5) is 40.6. The first-order chi connectivity index (χ1) is 16.3. The summed E-state index contributed by atoms with van der Waals surface area (Å²) in [7, 11) is 0. The van der Waals surface area contributed by atoms with E-state index < -0.39 is 30.1 Å². The zero-order chi connectivity index (χ0) is 24.7. The summed E-state index contributed by atoms with van der Waals surface area (Å²) >= 11 is 0. The van der Waals surface area contributed by atoms with E-state index >= 15 is 0 Å². The van der Waals surface area contributed by atoms with Gasteiger partial charge in [-0.05, 0) is 31.2 Å². The summed E-state index contributed by atoms with van der Waals surface area (Å²) in [6.45, 7) is 2.88. The molecule has 1 unspecified atom stereocenters. The average Bonchev–Trinajstić information content (AvgIpc) is 3.35. The van der Waals surface area contributed by atoms with Crippen LogP contribution in [0.3, 0.4) is 0 Å². The second kappa shape index (κ2) is 10.7. The first kappa shape index (κ1) is 23.9. The molecule has 2 aromatic heterocycles. The van der Waals surface area contributed by atoms with Gasteiger partial charge in [-0.25, -0.2) is 19.0 Å². The molecule has 34 heavy (non-hydrogen) atoms. The van der Waals surface area contributed by atoms with Gasteiger partial charge in [0.1, 0.15) is 12.1 Å². The minimum atomic E-state index is -1.35. The van der Waals surface area contributed by atoms with Gasteiger partial charge in [0.05, 0.1) is 23.4 Å². The van der Waals surface area contributed by atoms with Crippen molar-refractivity contribution in [2.45, 2.75) is 20.1 Å². The second-order valence-corrected chi connectivity index (χ2v) is 6.50. The van der Waals surface area contributed by atoms with Gasteiger partial charge < -0.3 is 19.5 Å². The zero-order valence-corrected chi connectivity index (χ0v) is 18.0. The van der Waals surface area contributed by atoms with E-state index in [0.717, 1.165) is 12.1 Å². The maximum atomic E-state index is 14.3. The average molecular weight is 467 g/mol. The monoisotopic (exact) mass is 467 g/mol. The van der Waals surface area contributed by atoms with E-state index in [9.17, 15) is 18.8 Å². The van der Waals surface area contributed by atoms with Crippen LogP contribution in [0.2, 0.25) is 0 Å². The highest BCUT2D eigenvalue weighted by molar-refractivity contribution is 6.07. The van der Waals surface area contributed by atoms with Gasteiger partial charge in [-0.2, -0.15) is 0 Å². The number of halogens is 1. The molecule has 3 aromatic rings. The Morgan fingerprint density at radius 2 is 2.03 bits per heavy atom. The first-order valence-corrected chi connectivity index (χ1v) is 9.80. The van der Waals surface area contributed by atoms with Crippen LogP contribution in [0.5, 0.6) is 0 Å². The summed E-state index contributed by atoms with van der Waals surface area (Å²) in [6, 6.07) is 4.83. The van der Waals surface area contributed by atoms with Crippen LogP contribution in [0.15, 0.2) is 43.0 Å². The predicted molar refractivity (Wildman–Crippen MR) is 114 cm³/mol. The Hall–Kier alpha value is -4.79. The number of terminal acetylenes is 1. The second-order valence-electron chi connectivity index (χ2n) is 6.50. The molecule has 0 bridgehead atoms. The van der Waals surface area contributed by atoms with Crippen LogP contribution < -0.4 is 5.32 Å². The van der Waals surface area contributed by atoms with E-state index in [4.69, 9.17) is 15.9 Å². The maximum Gasteiger partial charge on any atom is 0.511 e. The lowest BCUT2D eigenvalue weighted by atomic mass is 10.1. The molecule has 0 aliphatic rings. The number of imidazole rings is 1. The molecule has 0 saturated heterocycles. The maximum absolute atomic E-state index is 14.3. The smallest absolute Gasteiger partial charge is 0.435 e. The van der Waals surface area contributed by atoms with Crippen molar-refractivity contribution in [2.24, 2.45) is 0 Å². The molecule has 1 aromatic carbocycles. The van der Waals surface area contributed by atoms with Crippen LogP contribution in [-0.2, 0) is 14.2 Å². The normalized spacial score (nSPS) is 11.1. The van der Waals surface area contributed by atoms with Crippen LogP contribution in [0.4, 0.5) is 14.9 Å². The number of amides is 1. The number of nitrogens with one attached hydrogen (secondary N) is 1. The summed E-state index contributed by atoms with van der Waals surface area (Å²) in [5.41, 5.74) is -0.807. The number of carbonyl (C=O) groups excluding carboxylic acids is 3. The molecule has 0 aliphatic heterocycles. The highest BCUT2D eigenvalue weighted by atomic mass is 19.1. The van der Waals surface area contributed by atoms with Crippen molar-refractivity contribution in [3.05, 3.63) is 65.6 Å². The SMILES string of the molecule is C#Cc1cc(NC(=O)c2ccc(-n3ccnc3)nn2)c(C(=O)OC(C)OC(=O)OCC)cc1F. The molecule has 0 spiro atoms. The number of nitrogens with zero attached hydrogens (tertiary/aromatic N) is 4. The van der Waals surface area contributed by atoms with Gasteiger partial charge in [-0.15, -0.1) is 16.6 Å². The number of hydrogen-bond acceptors (Lipinski definition) is 9. The molecule has 1 amide bonds. The number of hydrogen-bond donors (Lipinski definition) is 1. The van der Waals surface area contributed by atoms with Crippen LogP contribution in [0, 0.1) is 18.2 Å². The lowest BCUT2D eigenvalue weighted by Gasteiger charge is -2.16. The van der Waals surface area contributed by atoms with E-state index in [0.29, 0.717) is 5.82 Å². The van der Waals surface area contributed by atoms with Crippen molar-refractivity contribution >= 4 is 23.7 Å². The highest BCUT2D eigenvalue weighted by Crippen LogP contribution is 2.23. The number of esters is 1. The minimum Gasteiger partial charge on any atom is -0.435 e. The Bertz CT molecular complexity index is 1240. The van der Waals surface area contributed by atoms with Crippen molar-refractivity contribution in [1.82, 2.24) is 19.7 Å². The molecule has 174 valence electrons. The number of benzene rings is 1. The lowest BCUT2D eigenvalue weighted by molar-refractivity contribution is -0.0811. The fourth-order valence-electron chi connectivity index (χ4n) is 2.65. The van der Waals surface area contributed by atoms with Crippen LogP contribution >= 0.6 is 0 Å². The van der Waals surface area contributed by atoms with Gasteiger partial charge in [-0.1, -0.05) is 5.92 Å². The Kier molecular flexibility index (Phi) is 7.50. The van der Waals surface area contributed by atoms with E-state index in [2.05, 4.69) is 31.2 Å². The standard InChI is InChI=1S/C22H18FN5O6/c1-4-14-10-18(15(11-16(14)23)21(30)33-13(3)34-22(31)32-5-2)25-20(29)17-6-7-19(27-26-17)28-9-8-24-12-28/h1,6-13H,5H2,2-3H3,(H,25,29). The van der Waals surface area contributed by atoms with Crippen molar-refractivity contribution in [3.63, 3.8) is 0 Å². The van der Waals surface area contributed by atoms with Gasteiger partial charge in [0.25, 0.3) is 5.91 Å². The number of ether oxygens (including phenoxy) is 3. The number of carbonyl (C=O) groups is 3. The van der Waals surface area contributed by atoms with Gasteiger partial charge in [0.15, 0.2) is 11.5 Å². The first-order valence-electron chi connectivity index (χ1n) is 9.80. The molecule has 12 heteroatoms. The molecule has 0 aliphatic carbocycles. The van der Waals surface area contributed by atoms with E-state index in [1.807, 2.05) is 0 Å². The van der Waals surface area contributed by atoms with Gasteiger partial charge >= 0.3 is 12.1 Å². The summed E-state index contributed by atoms with van der Waals surface area (Å²) in [5.74, 6) is -0.186. The van der Waals surface area contributed by atoms with Crippen molar-refractivity contribution in [1.29, 1.82) is 0 Å². The van der Waals surface area contributed by atoms with E-state index in [1.54, 1.807) is 23.9 Å². The topological polar surface area (TPSA) is 135 Å². The quantitative estimate of drug-likeness (QED) is 0.316. The van der Waals surface area contributed by atoms with Crippen molar-refractivity contribution in [3.8, 4) is 18.2 Å². The molecule has 3 rings (SSSR count). The summed E-state index contributed by atoms with van der Waals surface area (Å²) in [5, 5.41) is 10.2. The third-order valence-corrected chi connectivity index (χ3v) is 4.18. The van der Waals surface area contributed by atoms with Crippen molar-refractivity contribution < 1.29 is 33.0 Å². The molecule has 2 heterocycles. The number of anilines is 1. The molecular weight excluding hydrogens is 449 g/mol. The van der Waals surface area contributed by atoms with E-state index in [1.165, 1.54) is 25.4 Å². The summed E-state index contributed by atoms with van der Waals surface area (Å²) < 4.78 is 30.2. The number of rotatable bonds is 7. The van der Waals surface area contributed by atoms with Gasteiger partial charge in [0, 0.05) is 19.3 Å². The molecule has 1 atom stereocenters. The lowest BCUT2D eigenvalue weighted by Crippen LogP contribution is -2.24. The Labute approximate surface area is 192 Å². The zero-order valence-electron chi connectivity index (χ0n) is 18.0. The molecular formula is C22H18FN5O6. The minimum absolute atomic E-state index is 0.0562. The fraction of sp³-hybridized carbons (Fsp3) is 0.182. The van der Waals surface area contributed by atoms with Gasteiger partial charge in [-0.3, -0.25) is 9.36 Å². The van der Waals surface area contributed by atoms with Crippen molar-refractivity contribution in [2.75, 3.05) is 11.9 Å². The molecule has 11 nitrogen and oxygen atoms in total.